The minimum absolute atomic E-state index is 0.0600. The zero-order valence-electron chi connectivity index (χ0n) is 10.9. The molecular formula is C15H20N2O. The van der Waals surface area contributed by atoms with Crippen molar-refractivity contribution in [1.82, 2.24) is 10.6 Å². The van der Waals surface area contributed by atoms with Gasteiger partial charge < -0.3 is 10.6 Å². The van der Waals surface area contributed by atoms with E-state index >= 15 is 0 Å². The fourth-order valence-electron chi connectivity index (χ4n) is 2.45. The van der Waals surface area contributed by atoms with Crippen molar-refractivity contribution in [3.05, 3.63) is 34.7 Å². The lowest BCUT2D eigenvalue weighted by molar-refractivity contribution is -0.122. The lowest BCUT2D eigenvalue weighted by Crippen LogP contribution is -2.42. The van der Waals surface area contributed by atoms with Crippen molar-refractivity contribution in [2.75, 3.05) is 14.1 Å². The Morgan fingerprint density at radius 1 is 1.33 bits per heavy atom. The molecular weight excluding hydrogens is 224 g/mol. The Morgan fingerprint density at radius 2 is 2.06 bits per heavy atom. The molecule has 0 radical (unpaired) electrons. The number of rotatable bonds is 4. The normalized spacial score (nSPS) is 19.1. The van der Waals surface area contributed by atoms with Crippen LogP contribution in [0.15, 0.2) is 24.3 Å². The van der Waals surface area contributed by atoms with E-state index < -0.39 is 0 Å². The number of carbonyl (C=O) groups is 1. The number of hydrogen-bond donors (Lipinski definition) is 2. The maximum atomic E-state index is 11.7. The molecule has 3 heteroatoms. The second kappa shape index (κ2) is 5.83. The van der Waals surface area contributed by atoms with Gasteiger partial charge in [0.15, 0.2) is 0 Å². The summed E-state index contributed by atoms with van der Waals surface area (Å²) < 4.78 is 0. The quantitative estimate of drug-likeness (QED) is 0.782. The van der Waals surface area contributed by atoms with Crippen molar-refractivity contribution in [2.24, 2.45) is 5.92 Å². The average molecular weight is 244 g/mol. The molecule has 2 N–H and O–H groups in total. The van der Waals surface area contributed by atoms with Crippen LogP contribution in [0.2, 0.25) is 0 Å². The minimum atomic E-state index is -0.116. The summed E-state index contributed by atoms with van der Waals surface area (Å²) in [7, 11) is 3.51. The van der Waals surface area contributed by atoms with Gasteiger partial charge in [-0.15, -0.1) is 0 Å². The first-order chi connectivity index (χ1) is 8.74. The summed E-state index contributed by atoms with van der Waals surface area (Å²) in [5.74, 6) is 0.486. The number of hydrogen-bond acceptors (Lipinski definition) is 2. The fourth-order valence-corrected chi connectivity index (χ4v) is 2.45. The van der Waals surface area contributed by atoms with Gasteiger partial charge in [-0.25, -0.2) is 0 Å². The zero-order chi connectivity index (χ0) is 13.0. The molecule has 1 aliphatic rings. The Balaban J connectivity index is 2.13. The molecule has 0 saturated heterocycles. The Hall–Kier alpha value is -1.61. The second-order valence-electron chi connectivity index (χ2n) is 4.69. The Morgan fingerprint density at radius 3 is 2.72 bits per heavy atom. The summed E-state index contributed by atoms with van der Waals surface area (Å²) in [6, 6.07) is 8.27. The molecule has 0 aliphatic heterocycles. The van der Waals surface area contributed by atoms with Crippen LogP contribution < -0.4 is 21.1 Å². The van der Waals surface area contributed by atoms with Crippen LogP contribution >= 0.6 is 0 Å². The average Bonchev–Trinajstić information content (AvgIpc) is 2.43. The smallest absolute Gasteiger partial charge is 0.236 e. The van der Waals surface area contributed by atoms with Crippen molar-refractivity contribution in [3.63, 3.8) is 0 Å². The van der Waals surface area contributed by atoms with E-state index in [0.717, 1.165) is 12.8 Å². The molecule has 2 rings (SSSR count). The van der Waals surface area contributed by atoms with Crippen LogP contribution in [0, 0.1) is 5.92 Å². The van der Waals surface area contributed by atoms with Gasteiger partial charge in [0.25, 0.3) is 0 Å². The van der Waals surface area contributed by atoms with E-state index in [2.05, 4.69) is 47.1 Å². The van der Waals surface area contributed by atoms with Crippen LogP contribution in [0.3, 0.4) is 0 Å². The molecule has 1 aliphatic carbocycles. The number of carbonyl (C=O) groups excluding carboxylic acids is 1. The van der Waals surface area contributed by atoms with E-state index in [-0.39, 0.29) is 11.9 Å². The molecule has 0 aromatic heterocycles. The van der Waals surface area contributed by atoms with Crippen molar-refractivity contribution in [2.45, 2.75) is 18.9 Å². The third kappa shape index (κ3) is 2.79. The number of fused-ring (bicyclic) bond motifs is 1. The van der Waals surface area contributed by atoms with E-state index in [1.807, 2.05) is 7.05 Å². The minimum Gasteiger partial charge on any atom is -0.358 e. The standard InChI is InChI=1S/C15H20N2O/c1-16-14(15(18)17-2)10-11-7-8-12-5-3-4-6-13(12)9-11/h3-6,8-9,11,14,16H,7,10H2,1-2H3,(H,17,18)/t11-,14+/m1/s1. The van der Waals surface area contributed by atoms with Gasteiger partial charge in [-0.3, -0.25) is 4.79 Å². The summed E-state index contributed by atoms with van der Waals surface area (Å²) in [4.78, 5) is 11.7. The van der Waals surface area contributed by atoms with Crippen LogP contribution in [-0.4, -0.2) is 26.0 Å². The van der Waals surface area contributed by atoms with E-state index in [1.165, 1.54) is 10.4 Å². The summed E-state index contributed by atoms with van der Waals surface area (Å²) in [5.41, 5.74) is 0. The number of benzene rings is 1. The maximum absolute atomic E-state index is 11.7. The number of likely N-dealkylation sites (N-methyl/N-ethyl adjacent to an activating group) is 2. The first-order valence-corrected chi connectivity index (χ1v) is 6.40. The van der Waals surface area contributed by atoms with E-state index in [1.54, 1.807) is 7.05 Å². The van der Waals surface area contributed by atoms with Gasteiger partial charge in [0.2, 0.25) is 5.91 Å². The van der Waals surface area contributed by atoms with Gasteiger partial charge in [0.1, 0.15) is 0 Å². The van der Waals surface area contributed by atoms with Crippen LogP contribution in [0.5, 0.6) is 0 Å². The predicted molar refractivity (Wildman–Crippen MR) is 74.3 cm³/mol. The molecule has 0 fully saturated rings. The maximum Gasteiger partial charge on any atom is 0.236 e. The molecule has 0 unspecified atom stereocenters. The number of amides is 1. The summed E-state index contributed by atoms with van der Waals surface area (Å²) in [6.45, 7) is 0. The molecule has 3 nitrogen and oxygen atoms in total. The van der Waals surface area contributed by atoms with Crippen molar-refractivity contribution >= 4 is 18.1 Å². The Kier molecular flexibility index (Phi) is 4.15. The lowest BCUT2D eigenvalue weighted by Gasteiger charge is -2.20. The SMILES string of the molecule is CNC(=O)[C@H](C[C@H]1C=c2ccccc2=CC1)NC. The first kappa shape index (κ1) is 12.8. The fraction of sp³-hybridized carbons (Fsp3) is 0.400. The van der Waals surface area contributed by atoms with E-state index in [4.69, 9.17) is 0 Å². The van der Waals surface area contributed by atoms with E-state index in [0.29, 0.717) is 5.92 Å². The van der Waals surface area contributed by atoms with Gasteiger partial charge in [-0.05, 0) is 36.2 Å². The highest BCUT2D eigenvalue weighted by molar-refractivity contribution is 5.81. The topological polar surface area (TPSA) is 41.1 Å². The highest BCUT2D eigenvalue weighted by atomic mass is 16.2. The molecule has 1 aromatic rings. The summed E-state index contributed by atoms with van der Waals surface area (Å²) >= 11 is 0. The van der Waals surface area contributed by atoms with Gasteiger partial charge in [0.05, 0.1) is 6.04 Å². The predicted octanol–water partition coefficient (Wildman–Crippen LogP) is -0.00840. The molecule has 0 bridgehead atoms. The number of nitrogens with one attached hydrogen (secondary N) is 2. The molecule has 0 heterocycles. The Labute approximate surface area is 108 Å². The first-order valence-electron chi connectivity index (χ1n) is 6.40. The monoisotopic (exact) mass is 244 g/mol. The molecule has 1 aromatic carbocycles. The van der Waals surface area contributed by atoms with Crippen molar-refractivity contribution in [1.29, 1.82) is 0 Å². The van der Waals surface area contributed by atoms with Gasteiger partial charge in [-0.2, -0.15) is 0 Å². The second-order valence-corrected chi connectivity index (χ2v) is 4.69. The van der Waals surface area contributed by atoms with Crippen LogP contribution in [-0.2, 0) is 4.79 Å². The van der Waals surface area contributed by atoms with Crippen LogP contribution in [0.4, 0.5) is 0 Å². The third-order valence-electron chi connectivity index (χ3n) is 3.50. The molecule has 18 heavy (non-hydrogen) atoms. The van der Waals surface area contributed by atoms with Crippen molar-refractivity contribution < 1.29 is 4.79 Å². The van der Waals surface area contributed by atoms with Gasteiger partial charge in [-0.1, -0.05) is 36.4 Å². The van der Waals surface area contributed by atoms with E-state index in [9.17, 15) is 4.79 Å². The molecule has 1 amide bonds. The van der Waals surface area contributed by atoms with Gasteiger partial charge in [0, 0.05) is 7.05 Å². The zero-order valence-corrected chi connectivity index (χ0v) is 10.9. The Bertz CT molecular complexity index is 536. The largest absolute Gasteiger partial charge is 0.358 e. The highest BCUT2D eigenvalue weighted by Crippen LogP contribution is 2.15. The van der Waals surface area contributed by atoms with Crippen LogP contribution in [0.25, 0.3) is 12.2 Å². The summed E-state index contributed by atoms with van der Waals surface area (Å²) in [5, 5.41) is 8.36. The van der Waals surface area contributed by atoms with Crippen molar-refractivity contribution in [3.8, 4) is 0 Å². The third-order valence-corrected chi connectivity index (χ3v) is 3.50. The summed E-state index contributed by atoms with van der Waals surface area (Å²) in [6.07, 6.45) is 6.38. The molecule has 0 spiro atoms. The highest BCUT2D eigenvalue weighted by Gasteiger charge is 2.19. The lowest BCUT2D eigenvalue weighted by atomic mass is 9.91. The molecule has 0 saturated carbocycles. The molecule has 96 valence electrons. The molecule has 2 atom stereocenters. The van der Waals surface area contributed by atoms with Crippen LogP contribution in [0.1, 0.15) is 12.8 Å². The van der Waals surface area contributed by atoms with Gasteiger partial charge >= 0.3 is 0 Å².